The van der Waals surface area contributed by atoms with E-state index in [4.69, 9.17) is 14.4 Å². The van der Waals surface area contributed by atoms with Crippen LogP contribution in [0.15, 0.2) is 205 Å². The van der Waals surface area contributed by atoms with Crippen LogP contribution in [0.5, 0.6) is 0 Å². The van der Waals surface area contributed by atoms with E-state index in [2.05, 4.69) is 177 Å². The van der Waals surface area contributed by atoms with Crippen molar-refractivity contribution in [3.05, 3.63) is 217 Å². The molecule has 2 aromatic heterocycles. The van der Waals surface area contributed by atoms with Crippen molar-refractivity contribution in [2.75, 3.05) is 0 Å². The van der Waals surface area contributed by atoms with Gasteiger partial charge in [-0.2, -0.15) is 0 Å². The lowest BCUT2D eigenvalue weighted by Crippen LogP contribution is -2.22. The van der Waals surface area contributed by atoms with Gasteiger partial charge in [-0.05, 0) is 75.7 Å². The molecular formula is C54H36N2O. The Morgan fingerprint density at radius 1 is 0.386 bits per heavy atom. The van der Waals surface area contributed by atoms with Crippen LogP contribution in [0.4, 0.5) is 0 Å². The predicted octanol–water partition coefficient (Wildman–Crippen LogP) is 14.0. The fourth-order valence-electron chi connectivity index (χ4n) is 8.87. The van der Waals surface area contributed by atoms with Crippen LogP contribution in [0.25, 0.3) is 89.2 Å². The molecule has 0 aliphatic heterocycles. The Kier molecular flexibility index (Phi) is 7.61. The average Bonchev–Trinajstić information content (AvgIpc) is 3.80. The molecule has 268 valence electrons. The summed E-state index contributed by atoms with van der Waals surface area (Å²) in [7, 11) is 0. The highest BCUT2D eigenvalue weighted by Gasteiger charge is 2.40. The van der Waals surface area contributed by atoms with Gasteiger partial charge in [0.2, 0.25) is 0 Å². The molecule has 1 atom stereocenters. The maximum atomic E-state index is 6.37. The fraction of sp³-hybridized carbons (Fsp3) is 0.0370. The number of hydrogen-bond donors (Lipinski definition) is 0. The molecule has 8 aromatic carbocycles. The summed E-state index contributed by atoms with van der Waals surface area (Å²) < 4.78 is 6.37. The fourth-order valence-corrected chi connectivity index (χ4v) is 8.87. The number of para-hydroxylation sites is 2. The van der Waals surface area contributed by atoms with Crippen molar-refractivity contribution < 1.29 is 4.42 Å². The summed E-state index contributed by atoms with van der Waals surface area (Å²) in [6.07, 6.45) is 0. The van der Waals surface area contributed by atoms with Crippen molar-refractivity contribution in [2.45, 2.75) is 12.3 Å². The number of fused-ring (bicyclic) bond motifs is 6. The minimum Gasteiger partial charge on any atom is -0.455 e. The topological polar surface area (TPSA) is 38.9 Å². The molecule has 0 spiro atoms. The summed E-state index contributed by atoms with van der Waals surface area (Å²) in [6.45, 7) is 2.37. The summed E-state index contributed by atoms with van der Waals surface area (Å²) in [5, 5.41) is 2.25. The van der Waals surface area contributed by atoms with Gasteiger partial charge in [0.05, 0.1) is 11.4 Å². The largest absolute Gasteiger partial charge is 0.455 e. The molecule has 2 heterocycles. The maximum Gasteiger partial charge on any atom is 0.160 e. The van der Waals surface area contributed by atoms with E-state index in [-0.39, 0.29) is 5.41 Å². The summed E-state index contributed by atoms with van der Waals surface area (Å²) in [5.74, 6) is 0.693. The Hall–Kier alpha value is -7.36. The van der Waals surface area contributed by atoms with Crippen LogP contribution in [0.1, 0.15) is 23.6 Å². The molecule has 1 unspecified atom stereocenters. The second kappa shape index (κ2) is 13.1. The summed E-state index contributed by atoms with van der Waals surface area (Å²) in [6, 6.07) is 71.1. The third kappa shape index (κ3) is 5.43. The van der Waals surface area contributed by atoms with Gasteiger partial charge in [-0.1, -0.05) is 176 Å². The van der Waals surface area contributed by atoms with Crippen LogP contribution in [-0.4, -0.2) is 9.97 Å². The number of benzene rings is 8. The van der Waals surface area contributed by atoms with E-state index in [1.54, 1.807) is 0 Å². The van der Waals surface area contributed by atoms with E-state index in [0.717, 1.165) is 66.7 Å². The highest BCUT2D eigenvalue weighted by molar-refractivity contribution is 6.09. The van der Waals surface area contributed by atoms with E-state index in [1.807, 2.05) is 30.3 Å². The lowest BCUT2D eigenvalue weighted by molar-refractivity contribution is 0.670. The van der Waals surface area contributed by atoms with Gasteiger partial charge >= 0.3 is 0 Å². The molecule has 0 amide bonds. The lowest BCUT2D eigenvalue weighted by atomic mass is 9.74. The molecule has 0 bridgehead atoms. The predicted molar refractivity (Wildman–Crippen MR) is 234 cm³/mol. The van der Waals surface area contributed by atoms with Crippen LogP contribution >= 0.6 is 0 Å². The molecule has 1 aliphatic carbocycles. The first-order chi connectivity index (χ1) is 28.1. The van der Waals surface area contributed by atoms with E-state index in [9.17, 15) is 0 Å². The van der Waals surface area contributed by atoms with Gasteiger partial charge < -0.3 is 4.42 Å². The van der Waals surface area contributed by atoms with Gasteiger partial charge in [0.25, 0.3) is 0 Å². The average molecular weight is 729 g/mol. The first kappa shape index (κ1) is 33.0. The Morgan fingerprint density at radius 2 is 0.965 bits per heavy atom. The molecule has 10 aromatic rings. The number of nitrogens with zero attached hydrogens (tertiary/aromatic N) is 2. The van der Waals surface area contributed by atoms with Gasteiger partial charge in [0, 0.05) is 38.4 Å². The molecule has 3 heteroatoms. The molecule has 0 N–H and O–H groups in total. The maximum absolute atomic E-state index is 6.37. The number of aromatic nitrogens is 2. The normalized spacial score (nSPS) is 14.5. The number of hydrogen-bond acceptors (Lipinski definition) is 3. The van der Waals surface area contributed by atoms with Crippen molar-refractivity contribution in [3.8, 4) is 67.3 Å². The van der Waals surface area contributed by atoms with Crippen molar-refractivity contribution in [3.63, 3.8) is 0 Å². The van der Waals surface area contributed by atoms with Crippen LogP contribution in [0.3, 0.4) is 0 Å². The van der Waals surface area contributed by atoms with Crippen LogP contribution in [-0.2, 0) is 5.41 Å². The van der Waals surface area contributed by atoms with E-state index >= 15 is 0 Å². The molecule has 3 nitrogen and oxygen atoms in total. The van der Waals surface area contributed by atoms with Gasteiger partial charge in [0.1, 0.15) is 11.2 Å². The Morgan fingerprint density at radius 3 is 1.81 bits per heavy atom. The summed E-state index contributed by atoms with van der Waals surface area (Å²) in [5.41, 5.74) is 17.4. The van der Waals surface area contributed by atoms with Crippen LogP contribution in [0, 0.1) is 0 Å². The zero-order valence-electron chi connectivity index (χ0n) is 31.4. The van der Waals surface area contributed by atoms with Gasteiger partial charge in [-0.15, -0.1) is 0 Å². The Bertz CT molecular complexity index is 3130. The van der Waals surface area contributed by atoms with Crippen molar-refractivity contribution >= 4 is 21.9 Å². The number of rotatable bonds is 6. The zero-order chi connectivity index (χ0) is 37.9. The first-order valence-electron chi connectivity index (χ1n) is 19.5. The zero-order valence-corrected chi connectivity index (χ0v) is 31.4. The third-order valence-electron chi connectivity index (χ3n) is 11.8. The highest BCUT2D eigenvalue weighted by atomic mass is 16.3. The molecule has 11 rings (SSSR count). The second-order valence-corrected chi connectivity index (χ2v) is 15.1. The molecule has 0 saturated carbocycles. The van der Waals surface area contributed by atoms with Crippen molar-refractivity contribution in [2.24, 2.45) is 0 Å². The number of furan rings is 1. The Balaban J connectivity index is 0.995. The van der Waals surface area contributed by atoms with Crippen molar-refractivity contribution in [1.29, 1.82) is 0 Å². The lowest BCUT2D eigenvalue weighted by Gasteiger charge is -2.28. The molecule has 0 radical (unpaired) electrons. The molecule has 1 aliphatic rings. The quantitative estimate of drug-likeness (QED) is 0.171. The minimum absolute atomic E-state index is 0.263. The minimum atomic E-state index is -0.263. The third-order valence-corrected chi connectivity index (χ3v) is 11.8. The SMILES string of the molecule is CC1(c2ccccc2)c2ccccc2-c2ccc(-c3cccc(-c4cc(-c5ccc(-c6cccc7c6oc6ccccc67)cc5)nc(-c5ccccc5)n4)c3)cc21. The Labute approximate surface area is 331 Å². The van der Waals surface area contributed by atoms with Crippen molar-refractivity contribution in [1.82, 2.24) is 9.97 Å². The highest BCUT2D eigenvalue weighted by Crippen LogP contribution is 2.53. The van der Waals surface area contributed by atoms with E-state index in [1.165, 1.54) is 33.4 Å². The standard InChI is InChI=1S/C54H36N2O/c1-54(41-18-6-3-7-19-41)47-24-10-8-20-43(47)44-31-30-39(33-48(44)54)38-16-12-17-40(32-38)50-34-49(55-53(56-50)37-14-4-2-5-15-37)36-28-26-35(27-29-36)42-22-13-23-46-45-21-9-11-25-51(45)57-52(42)46/h2-34H,1H3. The van der Waals surface area contributed by atoms with Gasteiger partial charge in [0.15, 0.2) is 5.82 Å². The van der Waals surface area contributed by atoms with Gasteiger partial charge in [-0.3, -0.25) is 0 Å². The van der Waals surface area contributed by atoms with Gasteiger partial charge in [-0.25, -0.2) is 9.97 Å². The summed E-state index contributed by atoms with van der Waals surface area (Å²) >= 11 is 0. The molecule has 57 heavy (non-hydrogen) atoms. The van der Waals surface area contributed by atoms with Crippen LogP contribution in [0.2, 0.25) is 0 Å². The van der Waals surface area contributed by atoms with E-state index < -0.39 is 0 Å². The monoisotopic (exact) mass is 728 g/mol. The van der Waals surface area contributed by atoms with Crippen LogP contribution < -0.4 is 0 Å². The summed E-state index contributed by atoms with van der Waals surface area (Å²) in [4.78, 5) is 10.3. The molecule has 0 fully saturated rings. The molecule has 0 saturated heterocycles. The van der Waals surface area contributed by atoms with E-state index in [0.29, 0.717) is 5.82 Å². The molecular weight excluding hydrogens is 693 g/mol. The smallest absolute Gasteiger partial charge is 0.160 e. The first-order valence-corrected chi connectivity index (χ1v) is 19.5. The second-order valence-electron chi connectivity index (χ2n) is 15.1.